The van der Waals surface area contributed by atoms with Crippen LogP contribution in [0.4, 0.5) is 14.5 Å². The highest BCUT2D eigenvalue weighted by Crippen LogP contribution is 2.41. The van der Waals surface area contributed by atoms with Gasteiger partial charge in [0.25, 0.3) is 0 Å². The molecule has 1 atom stereocenters. The first-order valence-corrected chi connectivity index (χ1v) is 6.08. The van der Waals surface area contributed by atoms with Gasteiger partial charge in [-0.05, 0) is 24.0 Å². The molecule has 5 heteroatoms. The van der Waals surface area contributed by atoms with E-state index in [0.717, 1.165) is 6.07 Å². The summed E-state index contributed by atoms with van der Waals surface area (Å²) in [7, 11) is 1.30. The Kier molecular flexibility index (Phi) is 3.36. The number of halogens is 2. The van der Waals surface area contributed by atoms with Crippen LogP contribution in [0.1, 0.15) is 20.3 Å². The van der Waals surface area contributed by atoms with Gasteiger partial charge in [0, 0.05) is 6.54 Å². The van der Waals surface area contributed by atoms with Crippen molar-refractivity contribution in [1.82, 2.24) is 0 Å². The number of benzene rings is 1. The van der Waals surface area contributed by atoms with Crippen LogP contribution >= 0.6 is 0 Å². The average Bonchev–Trinajstić information content (AvgIpc) is 2.67. The molecule has 1 unspecified atom stereocenters. The number of rotatable bonds is 2. The highest BCUT2D eigenvalue weighted by atomic mass is 19.2. The molecule has 3 nitrogen and oxygen atoms in total. The summed E-state index contributed by atoms with van der Waals surface area (Å²) in [5.74, 6) is -2.10. The summed E-state index contributed by atoms with van der Waals surface area (Å²) in [5.41, 5.74) is 0.384. The lowest BCUT2D eigenvalue weighted by molar-refractivity contribution is 0.371. The van der Waals surface area contributed by atoms with Crippen LogP contribution in [0.2, 0.25) is 0 Å². The normalized spacial score (nSPS) is 21.3. The summed E-state index contributed by atoms with van der Waals surface area (Å²) >= 11 is 0. The summed E-state index contributed by atoms with van der Waals surface area (Å²) in [6, 6.07) is 4.38. The fourth-order valence-corrected chi connectivity index (χ4v) is 2.58. The Morgan fingerprint density at radius 3 is 2.68 bits per heavy atom. The van der Waals surface area contributed by atoms with Gasteiger partial charge >= 0.3 is 0 Å². The summed E-state index contributed by atoms with van der Waals surface area (Å²) in [6.07, 6.45) is 0.686. The first kappa shape index (κ1) is 13.6. The van der Waals surface area contributed by atoms with E-state index in [-0.39, 0.29) is 17.2 Å². The standard InChI is InChI=1S/C14H16F2N2O/c1-14(2)6-9(7-17)18(8-14)11-5-4-10(15)12(16)13(11)19-3/h4-5,9H,6,8H2,1-3H3. The van der Waals surface area contributed by atoms with Crippen LogP contribution in [-0.4, -0.2) is 19.7 Å². The molecule has 2 rings (SSSR count). The molecule has 0 aromatic heterocycles. The predicted molar refractivity (Wildman–Crippen MR) is 68.1 cm³/mol. The van der Waals surface area contributed by atoms with Crippen LogP contribution in [0.15, 0.2) is 12.1 Å². The Labute approximate surface area is 111 Å². The van der Waals surface area contributed by atoms with Crippen molar-refractivity contribution in [1.29, 1.82) is 5.26 Å². The van der Waals surface area contributed by atoms with Crippen LogP contribution < -0.4 is 9.64 Å². The van der Waals surface area contributed by atoms with E-state index in [4.69, 9.17) is 4.74 Å². The molecular weight excluding hydrogens is 250 g/mol. The Morgan fingerprint density at radius 1 is 1.42 bits per heavy atom. The molecule has 0 radical (unpaired) electrons. The Bertz CT molecular complexity index is 537. The van der Waals surface area contributed by atoms with Gasteiger partial charge in [0.1, 0.15) is 6.04 Å². The van der Waals surface area contributed by atoms with Crippen molar-refractivity contribution in [2.75, 3.05) is 18.6 Å². The van der Waals surface area contributed by atoms with E-state index in [1.54, 1.807) is 4.90 Å². The Hall–Kier alpha value is -1.83. The third-order valence-electron chi connectivity index (χ3n) is 3.41. The van der Waals surface area contributed by atoms with E-state index in [0.29, 0.717) is 18.7 Å². The van der Waals surface area contributed by atoms with Crippen molar-refractivity contribution < 1.29 is 13.5 Å². The van der Waals surface area contributed by atoms with Crippen LogP contribution in [0.3, 0.4) is 0 Å². The van der Waals surface area contributed by atoms with E-state index in [1.165, 1.54) is 13.2 Å². The van der Waals surface area contributed by atoms with Gasteiger partial charge in [0.05, 0.1) is 18.9 Å². The Balaban J connectivity index is 2.48. The molecule has 0 N–H and O–H groups in total. The lowest BCUT2D eigenvalue weighted by Gasteiger charge is -2.25. The fraction of sp³-hybridized carbons (Fsp3) is 0.500. The molecule has 0 amide bonds. The lowest BCUT2D eigenvalue weighted by Crippen LogP contribution is -2.29. The largest absolute Gasteiger partial charge is 0.491 e. The molecule has 0 bridgehead atoms. The number of nitriles is 1. The van der Waals surface area contributed by atoms with E-state index < -0.39 is 11.6 Å². The summed E-state index contributed by atoms with van der Waals surface area (Å²) < 4.78 is 31.9. The number of hydrogen-bond donors (Lipinski definition) is 0. The van der Waals surface area contributed by atoms with Gasteiger partial charge in [-0.25, -0.2) is 4.39 Å². The molecule has 0 spiro atoms. The fourth-order valence-electron chi connectivity index (χ4n) is 2.58. The van der Waals surface area contributed by atoms with Crippen LogP contribution in [0.5, 0.6) is 5.75 Å². The van der Waals surface area contributed by atoms with Gasteiger partial charge in [-0.15, -0.1) is 0 Å². The summed E-state index contributed by atoms with van der Waals surface area (Å²) in [5, 5.41) is 9.22. The second-order valence-corrected chi connectivity index (χ2v) is 5.55. The average molecular weight is 266 g/mol. The molecule has 102 valence electrons. The number of anilines is 1. The third kappa shape index (κ3) is 2.35. The quantitative estimate of drug-likeness (QED) is 0.825. The summed E-state index contributed by atoms with van der Waals surface area (Å²) in [6.45, 7) is 4.69. The van der Waals surface area contributed by atoms with Crippen molar-refractivity contribution in [2.24, 2.45) is 5.41 Å². The molecule has 0 aliphatic carbocycles. The molecule has 1 heterocycles. The van der Waals surface area contributed by atoms with Crippen molar-refractivity contribution in [2.45, 2.75) is 26.3 Å². The van der Waals surface area contributed by atoms with Crippen LogP contribution in [0.25, 0.3) is 0 Å². The van der Waals surface area contributed by atoms with Gasteiger partial charge in [-0.3, -0.25) is 0 Å². The van der Waals surface area contributed by atoms with Gasteiger partial charge in [-0.2, -0.15) is 9.65 Å². The highest BCUT2D eigenvalue weighted by molar-refractivity contribution is 5.62. The molecule has 19 heavy (non-hydrogen) atoms. The van der Waals surface area contributed by atoms with Gasteiger partial charge < -0.3 is 9.64 Å². The zero-order chi connectivity index (χ0) is 14.2. The van der Waals surface area contributed by atoms with E-state index in [9.17, 15) is 14.0 Å². The second-order valence-electron chi connectivity index (χ2n) is 5.55. The van der Waals surface area contributed by atoms with Crippen molar-refractivity contribution in [3.8, 4) is 11.8 Å². The monoisotopic (exact) mass is 266 g/mol. The maximum absolute atomic E-state index is 13.7. The lowest BCUT2D eigenvalue weighted by atomic mass is 9.91. The minimum Gasteiger partial charge on any atom is -0.491 e. The number of nitrogens with zero attached hydrogens (tertiary/aromatic N) is 2. The molecule has 1 aliphatic rings. The minimum absolute atomic E-state index is 0.0454. The number of hydrogen-bond acceptors (Lipinski definition) is 3. The van der Waals surface area contributed by atoms with Crippen molar-refractivity contribution in [3.05, 3.63) is 23.8 Å². The summed E-state index contributed by atoms with van der Waals surface area (Å²) in [4.78, 5) is 1.78. The molecule has 1 aromatic carbocycles. The first-order valence-electron chi connectivity index (χ1n) is 6.08. The highest BCUT2D eigenvalue weighted by Gasteiger charge is 2.39. The molecule has 1 aromatic rings. The van der Waals surface area contributed by atoms with Crippen molar-refractivity contribution >= 4 is 5.69 Å². The Morgan fingerprint density at radius 2 is 2.11 bits per heavy atom. The van der Waals surface area contributed by atoms with E-state index in [1.807, 2.05) is 13.8 Å². The van der Waals surface area contributed by atoms with Gasteiger partial charge in [-0.1, -0.05) is 13.8 Å². The minimum atomic E-state index is -1.01. The smallest absolute Gasteiger partial charge is 0.202 e. The first-order chi connectivity index (χ1) is 8.89. The zero-order valence-electron chi connectivity index (χ0n) is 11.2. The predicted octanol–water partition coefficient (Wildman–Crippen LogP) is 3.10. The van der Waals surface area contributed by atoms with Crippen molar-refractivity contribution in [3.63, 3.8) is 0 Å². The maximum atomic E-state index is 13.7. The van der Waals surface area contributed by atoms with Crippen LogP contribution in [0, 0.1) is 28.4 Å². The van der Waals surface area contributed by atoms with E-state index >= 15 is 0 Å². The second kappa shape index (κ2) is 4.69. The molecule has 1 aliphatic heterocycles. The van der Waals surface area contributed by atoms with Gasteiger partial charge in [0.15, 0.2) is 11.6 Å². The number of methoxy groups -OCH3 is 1. The molecule has 0 saturated carbocycles. The zero-order valence-corrected chi connectivity index (χ0v) is 11.2. The van der Waals surface area contributed by atoms with E-state index in [2.05, 4.69) is 6.07 Å². The molecular formula is C14H16F2N2O. The van der Waals surface area contributed by atoms with Crippen LogP contribution in [-0.2, 0) is 0 Å². The number of ether oxygens (including phenoxy) is 1. The SMILES string of the molecule is COc1c(N2CC(C)(C)CC2C#N)ccc(F)c1F. The molecule has 1 fully saturated rings. The van der Waals surface area contributed by atoms with Gasteiger partial charge in [0.2, 0.25) is 5.82 Å². The topological polar surface area (TPSA) is 36.3 Å². The molecule has 1 saturated heterocycles. The third-order valence-corrected chi connectivity index (χ3v) is 3.41. The maximum Gasteiger partial charge on any atom is 0.202 e.